The SMILES string of the molecule is CC(C)(C)OC(=O)N1C(c2nc3ccc(B4OC(C)(C)C(C)(C)O4)cc3[nH]2)C2CC[C@@H]1C2. The lowest BCUT2D eigenvalue weighted by Gasteiger charge is -2.35. The van der Waals surface area contributed by atoms with Gasteiger partial charge in [0.2, 0.25) is 0 Å². The number of aromatic nitrogens is 2. The summed E-state index contributed by atoms with van der Waals surface area (Å²) in [6.07, 6.45) is 2.92. The summed E-state index contributed by atoms with van der Waals surface area (Å²) >= 11 is 0. The molecule has 3 heterocycles. The molecule has 1 amide bonds. The molecule has 7 nitrogen and oxygen atoms in total. The molecule has 1 aromatic heterocycles. The van der Waals surface area contributed by atoms with Crippen molar-refractivity contribution < 1.29 is 18.8 Å². The van der Waals surface area contributed by atoms with Gasteiger partial charge in [-0.2, -0.15) is 0 Å². The predicted octanol–water partition coefficient (Wildman–Crippen LogP) is 4.32. The summed E-state index contributed by atoms with van der Waals surface area (Å²) in [6.45, 7) is 14.0. The van der Waals surface area contributed by atoms with E-state index in [1.807, 2.05) is 37.8 Å². The van der Waals surface area contributed by atoms with E-state index in [1.54, 1.807) is 0 Å². The van der Waals surface area contributed by atoms with Crippen molar-refractivity contribution in [3.8, 4) is 0 Å². The van der Waals surface area contributed by atoms with E-state index in [1.165, 1.54) is 0 Å². The number of nitrogens with one attached hydrogen (secondary N) is 1. The molecule has 1 saturated carbocycles. The van der Waals surface area contributed by atoms with Crippen LogP contribution in [0, 0.1) is 5.92 Å². The molecule has 2 aliphatic heterocycles. The monoisotopic (exact) mass is 439 g/mol. The van der Waals surface area contributed by atoms with E-state index in [0.29, 0.717) is 5.92 Å². The summed E-state index contributed by atoms with van der Waals surface area (Å²) in [5, 5.41) is 0. The maximum Gasteiger partial charge on any atom is 0.494 e. The first kappa shape index (κ1) is 21.8. The van der Waals surface area contributed by atoms with Gasteiger partial charge in [-0.15, -0.1) is 0 Å². The first-order chi connectivity index (χ1) is 14.8. The zero-order valence-electron chi connectivity index (χ0n) is 20.2. The average Bonchev–Trinajstić information content (AvgIpc) is 3.41. The van der Waals surface area contributed by atoms with Gasteiger partial charge in [0.05, 0.1) is 28.3 Å². The number of rotatable bonds is 2. The lowest BCUT2D eigenvalue weighted by molar-refractivity contribution is 0.00578. The van der Waals surface area contributed by atoms with Crippen LogP contribution in [0.3, 0.4) is 0 Å². The fourth-order valence-corrected chi connectivity index (χ4v) is 5.23. The van der Waals surface area contributed by atoms with Crippen molar-refractivity contribution in [2.75, 3.05) is 0 Å². The number of amides is 1. The number of likely N-dealkylation sites (tertiary alicyclic amines) is 1. The smallest absolute Gasteiger partial charge is 0.444 e. The van der Waals surface area contributed by atoms with Crippen molar-refractivity contribution >= 4 is 29.7 Å². The summed E-state index contributed by atoms with van der Waals surface area (Å²) in [6, 6.07) is 6.23. The van der Waals surface area contributed by atoms with Crippen LogP contribution in [0.5, 0.6) is 0 Å². The second-order valence-electron chi connectivity index (χ2n) is 11.5. The highest BCUT2D eigenvalue weighted by Crippen LogP contribution is 2.50. The van der Waals surface area contributed by atoms with Gasteiger partial charge in [0.15, 0.2) is 0 Å². The van der Waals surface area contributed by atoms with Crippen LogP contribution in [0.2, 0.25) is 0 Å². The summed E-state index contributed by atoms with van der Waals surface area (Å²) in [5.74, 6) is 1.25. The van der Waals surface area contributed by atoms with E-state index in [-0.39, 0.29) is 29.4 Å². The van der Waals surface area contributed by atoms with Crippen molar-refractivity contribution in [2.45, 2.75) is 96.6 Å². The molecule has 1 N–H and O–H groups in total. The van der Waals surface area contributed by atoms with Gasteiger partial charge in [-0.1, -0.05) is 6.07 Å². The van der Waals surface area contributed by atoms with Crippen LogP contribution in [0.15, 0.2) is 18.2 Å². The quantitative estimate of drug-likeness (QED) is 0.706. The van der Waals surface area contributed by atoms with Crippen LogP contribution >= 0.6 is 0 Å². The highest BCUT2D eigenvalue weighted by Gasteiger charge is 2.52. The van der Waals surface area contributed by atoms with Gasteiger partial charge < -0.3 is 19.0 Å². The van der Waals surface area contributed by atoms with E-state index in [2.05, 4.69) is 38.7 Å². The Balaban J connectivity index is 1.44. The van der Waals surface area contributed by atoms with Crippen LogP contribution in [-0.4, -0.2) is 50.9 Å². The lowest BCUT2D eigenvalue weighted by Crippen LogP contribution is -2.43. The van der Waals surface area contributed by atoms with Crippen molar-refractivity contribution in [3.63, 3.8) is 0 Å². The van der Waals surface area contributed by atoms with Crippen molar-refractivity contribution in [1.82, 2.24) is 14.9 Å². The van der Waals surface area contributed by atoms with Gasteiger partial charge in [-0.05, 0) is 91.2 Å². The second kappa shape index (κ2) is 6.97. The van der Waals surface area contributed by atoms with Gasteiger partial charge in [-0.3, -0.25) is 4.90 Å². The topological polar surface area (TPSA) is 76.7 Å². The van der Waals surface area contributed by atoms with Crippen molar-refractivity contribution in [2.24, 2.45) is 5.92 Å². The molecule has 172 valence electrons. The highest BCUT2D eigenvalue weighted by molar-refractivity contribution is 6.62. The zero-order chi connectivity index (χ0) is 23.1. The van der Waals surface area contributed by atoms with Gasteiger partial charge in [0.25, 0.3) is 0 Å². The highest BCUT2D eigenvalue weighted by atomic mass is 16.7. The minimum absolute atomic E-state index is 0.0729. The Kier molecular flexibility index (Phi) is 4.74. The molecule has 3 aliphatic rings. The molecule has 2 bridgehead atoms. The number of hydrogen-bond donors (Lipinski definition) is 1. The molecule has 1 aromatic carbocycles. The van der Waals surface area contributed by atoms with E-state index in [0.717, 1.165) is 41.6 Å². The third kappa shape index (κ3) is 3.52. The first-order valence-corrected chi connectivity index (χ1v) is 11.7. The Bertz CT molecular complexity index is 1040. The fourth-order valence-electron chi connectivity index (χ4n) is 5.23. The summed E-state index contributed by atoms with van der Waals surface area (Å²) in [4.78, 5) is 23.3. The van der Waals surface area contributed by atoms with E-state index in [9.17, 15) is 4.79 Å². The number of H-pyrrole nitrogens is 1. The average molecular weight is 439 g/mol. The maximum absolute atomic E-state index is 13.0. The Morgan fingerprint density at radius 1 is 1.19 bits per heavy atom. The number of hydrogen-bond acceptors (Lipinski definition) is 5. The van der Waals surface area contributed by atoms with Gasteiger partial charge in [0, 0.05) is 6.04 Å². The Hall–Kier alpha value is -2.06. The van der Waals surface area contributed by atoms with Crippen molar-refractivity contribution in [3.05, 3.63) is 24.0 Å². The Morgan fingerprint density at radius 3 is 2.53 bits per heavy atom. The molecule has 2 unspecified atom stereocenters. The third-order valence-corrected chi connectivity index (χ3v) is 7.52. The number of imidazole rings is 1. The number of fused-ring (bicyclic) bond motifs is 3. The number of carbonyl (C=O) groups excluding carboxylic acids is 1. The number of aromatic amines is 1. The zero-order valence-corrected chi connectivity index (χ0v) is 20.2. The van der Waals surface area contributed by atoms with E-state index in [4.69, 9.17) is 19.0 Å². The normalized spacial score (nSPS) is 28.7. The molecule has 1 aliphatic carbocycles. The maximum atomic E-state index is 13.0. The number of nitrogens with zero attached hydrogens (tertiary/aromatic N) is 2. The number of carbonyl (C=O) groups is 1. The number of benzene rings is 1. The Labute approximate surface area is 190 Å². The second-order valence-corrected chi connectivity index (χ2v) is 11.5. The molecule has 5 rings (SSSR count). The van der Waals surface area contributed by atoms with Gasteiger partial charge in [0.1, 0.15) is 11.4 Å². The van der Waals surface area contributed by atoms with Crippen LogP contribution in [0.4, 0.5) is 4.79 Å². The van der Waals surface area contributed by atoms with Crippen LogP contribution in [0.1, 0.15) is 79.6 Å². The minimum atomic E-state index is -0.519. The molecule has 0 radical (unpaired) electrons. The molecular weight excluding hydrogens is 405 g/mol. The third-order valence-electron chi connectivity index (χ3n) is 7.52. The fraction of sp³-hybridized carbons (Fsp3) is 0.667. The predicted molar refractivity (Wildman–Crippen MR) is 124 cm³/mol. The minimum Gasteiger partial charge on any atom is -0.444 e. The summed E-state index contributed by atoms with van der Waals surface area (Å²) in [7, 11) is -0.420. The van der Waals surface area contributed by atoms with Crippen molar-refractivity contribution in [1.29, 1.82) is 0 Å². The van der Waals surface area contributed by atoms with Crippen LogP contribution in [0.25, 0.3) is 11.0 Å². The van der Waals surface area contributed by atoms with Crippen LogP contribution in [-0.2, 0) is 14.0 Å². The molecule has 8 heteroatoms. The summed E-state index contributed by atoms with van der Waals surface area (Å²) < 4.78 is 18.2. The van der Waals surface area contributed by atoms with Gasteiger partial charge in [-0.25, -0.2) is 9.78 Å². The molecule has 32 heavy (non-hydrogen) atoms. The largest absolute Gasteiger partial charge is 0.494 e. The molecular formula is C24H34BN3O4. The van der Waals surface area contributed by atoms with Crippen LogP contribution < -0.4 is 5.46 Å². The number of ether oxygens (including phenoxy) is 1. The number of piperidine rings is 1. The summed E-state index contributed by atoms with van der Waals surface area (Å²) in [5.41, 5.74) is 1.48. The molecule has 2 saturated heterocycles. The first-order valence-electron chi connectivity index (χ1n) is 11.7. The molecule has 0 spiro atoms. The lowest BCUT2D eigenvalue weighted by atomic mass is 9.79. The molecule has 2 aromatic rings. The standard InChI is InChI=1S/C24H34BN3O4/c1-22(2,3)30-21(29)28-16-10-8-14(12-16)19(28)20-26-17-11-9-15(13-18(17)27-20)25-31-23(4,5)24(6,7)32-25/h9,11,13-14,16,19H,8,10,12H2,1-7H3,(H,26,27)/t14?,16-,19?/m1/s1. The molecule has 3 atom stereocenters. The van der Waals surface area contributed by atoms with E-state index < -0.39 is 12.7 Å². The molecule has 3 fully saturated rings. The Morgan fingerprint density at radius 2 is 1.88 bits per heavy atom. The van der Waals surface area contributed by atoms with Gasteiger partial charge >= 0.3 is 13.2 Å². The van der Waals surface area contributed by atoms with E-state index >= 15 is 0 Å².